The summed E-state index contributed by atoms with van der Waals surface area (Å²) in [7, 11) is 0. The Morgan fingerprint density at radius 1 is 0.939 bits per heavy atom. The molecule has 0 unspecified atom stereocenters. The molecular weight excluding hydrogens is 434 g/mol. The zero-order chi connectivity index (χ0) is 23.0. The van der Waals surface area contributed by atoms with E-state index in [9.17, 15) is 9.59 Å². The summed E-state index contributed by atoms with van der Waals surface area (Å²) < 4.78 is 5.75. The Morgan fingerprint density at radius 2 is 1.58 bits per heavy atom. The quantitative estimate of drug-likeness (QED) is 0.281. The van der Waals surface area contributed by atoms with Crippen LogP contribution in [0.2, 0.25) is 0 Å². The Morgan fingerprint density at radius 3 is 2.24 bits per heavy atom. The number of rotatable bonds is 8. The highest BCUT2D eigenvalue weighted by Crippen LogP contribution is 2.23. The Bertz CT molecular complexity index is 1270. The molecular formula is C26H23N3O3S. The van der Waals surface area contributed by atoms with Crippen LogP contribution in [-0.2, 0) is 11.2 Å². The van der Waals surface area contributed by atoms with Crippen molar-refractivity contribution in [3.8, 4) is 11.5 Å². The van der Waals surface area contributed by atoms with Gasteiger partial charge in [0.05, 0.1) is 5.75 Å². The summed E-state index contributed by atoms with van der Waals surface area (Å²) in [6.07, 6.45) is 0.518. The lowest BCUT2D eigenvalue weighted by Crippen LogP contribution is -2.19. The molecule has 2 N–H and O–H groups in total. The molecule has 166 valence electrons. The molecule has 0 aliphatic carbocycles. The number of nitrogens with one attached hydrogen (secondary N) is 2. The Hall–Kier alpha value is -3.84. The average Bonchev–Trinajstić information content (AvgIpc) is 2.83. The molecule has 1 amide bonds. The third-order valence-corrected chi connectivity index (χ3v) is 5.75. The van der Waals surface area contributed by atoms with E-state index >= 15 is 0 Å². The van der Waals surface area contributed by atoms with Gasteiger partial charge >= 0.3 is 0 Å². The van der Waals surface area contributed by atoms with Gasteiger partial charge in [0.25, 0.3) is 5.56 Å². The number of amides is 1. The first kappa shape index (κ1) is 22.4. The molecule has 4 rings (SSSR count). The van der Waals surface area contributed by atoms with Crippen LogP contribution in [0.5, 0.6) is 11.5 Å². The van der Waals surface area contributed by atoms with Crippen LogP contribution >= 0.6 is 11.8 Å². The standard InChI is InChI=1S/C26H23N3O3S/c1-18-23(16-19-8-4-2-5-9-19)25(31)29-26(27-18)33-17-24(30)28-20-12-14-22(15-13-20)32-21-10-6-3-7-11-21/h2-15H,16-17H2,1H3,(H,28,30)(H,27,29,31). The van der Waals surface area contributed by atoms with Crippen molar-refractivity contribution in [2.45, 2.75) is 18.5 Å². The van der Waals surface area contributed by atoms with E-state index in [-0.39, 0.29) is 17.2 Å². The van der Waals surface area contributed by atoms with Crippen molar-refractivity contribution < 1.29 is 9.53 Å². The first-order valence-corrected chi connectivity index (χ1v) is 11.4. The topological polar surface area (TPSA) is 84.1 Å². The number of anilines is 1. The summed E-state index contributed by atoms with van der Waals surface area (Å²) in [5, 5.41) is 3.27. The molecule has 0 aliphatic heterocycles. The van der Waals surface area contributed by atoms with Crippen molar-refractivity contribution in [2.75, 3.05) is 11.1 Å². The van der Waals surface area contributed by atoms with E-state index in [0.717, 1.165) is 11.3 Å². The number of H-pyrrole nitrogens is 1. The number of benzene rings is 3. The van der Waals surface area contributed by atoms with Crippen molar-refractivity contribution in [3.05, 3.63) is 112 Å². The van der Waals surface area contributed by atoms with Crippen LogP contribution < -0.4 is 15.6 Å². The fourth-order valence-electron chi connectivity index (χ4n) is 3.22. The van der Waals surface area contributed by atoms with E-state index in [0.29, 0.717) is 34.3 Å². The second-order valence-corrected chi connectivity index (χ2v) is 8.34. The Kier molecular flexibility index (Phi) is 7.22. The number of hydrogen-bond acceptors (Lipinski definition) is 5. The molecule has 0 bridgehead atoms. The van der Waals surface area contributed by atoms with E-state index in [4.69, 9.17) is 4.74 Å². The molecule has 33 heavy (non-hydrogen) atoms. The first-order valence-electron chi connectivity index (χ1n) is 10.5. The minimum Gasteiger partial charge on any atom is -0.457 e. The zero-order valence-corrected chi connectivity index (χ0v) is 18.9. The van der Waals surface area contributed by atoms with Crippen LogP contribution in [0, 0.1) is 6.92 Å². The maximum Gasteiger partial charge on any atom is 0.255 e. The summed E-state index contributed by atoms with van der Waals surface area (Å²) in [6.45, 7) is 1.82. The minimum absolute atomic E-state index is 0.128. The summed E-state index contributed by atoms with van der Waals surface area (Å²) in [5.41, 5.74) is 2.83. The number of thioether (sulfide) groups is 1. The molecule has 4 aromatic rings. The lowest BCUT2D eigenvalue weighted by atomic mass is 10.1. The number of carbonyl (C=O) groups is 1. The highest BCUT2D eigenvalue weighted by molar-refractivity contribution is 7.99. The van der Waals surface area contributed by atoms with Crippen molar-refractivity contribution in [2.24, 2.45) is 0 Å². The number of aromatic amines is 1. The predicted octanol–water partition coefficient (Wildman–Crippen LogP) is 5.19. The van der Waals surface area contributed by atoms with Crippen molar-refractivity contribution in [1.29, 1.82) is 0 Å². The molecule has 1 heterocycles. The number of nitrogens with zero attached hydrogens (tertiary/aromatic N) is 1. The van der Waals surface area contributed by atoms with Crippen LogP contribution in [0.3, 0.4) is 0 Å². The number of carbonyl (C=O) groups excluding carboxylic acids is 1. The van der Waals surface area contributed by atoms with Gasteiger partial charge in [-0.3, -0.25) is 9.59 Å². The normalized spacial score (nSPS) is 10.6. The van der Waals surface area contributed by atoms with E-state index in [2.05, 4.69) is 15.3 Å². The molecule has 0 aliphatic rings. The zero-order valence-electron chi connectivity index (χ0n) is 18.1. The lowest BCUT2D eigenvalue weighted by Gasteiger charge is -2.09. The third-order valence-electron chi connectivity index (χ3n) is 4.88. The number of aromatic nitrogens is 2. The van der Waals surface area contributed by atoms with Gasteiger partial charge in [0.2, 0.25) is 5.91 Å². The van der Waals surface area contributed by atoms with E-state index in [1.807, 2.05) is 67.6 Å². The van der Waals surface area contributed by atoms with Gasteiger partial charge in [0, 0.05) is 23.4 Å². The van der Waals surface area contributed by atoms with Crippen molar-refractivity contribution in [3.63, 3.8) is 0 Å². The molecule has 0 saturated carbocycles. The molecule has 0 saturated heterocycles. The van der Waals surface area contributed by atoms with Crippen LogP contribution in [0.1, 0.15) is 16.8 Å². The molecule has 6 nitrogen and oxygen atoms in total. The van der Waals surface area contributed by atoms with Crippen LogP contribution in [0.25, 0.3) is 0 Å². The molecule has 1 aromatic heterocycles. The van der Waals surface area contributed by atoms with Crippen LogP contribution in [-0.4, -0.2) is 21.6 Å². The third kappa shape index (κ3) is 6.33. The maximum atomic E-state index is 12.5. The van der Waals surface area contributed by atoms with Crippen LogP contribution in [0.15, 0.2) is 94.9 Å². The van der Waals surface area contributed by atoms with Crippen molar-refractivity contribution in [1.82, 2.24) is 9.97 Å². The highest BCUT2D eigenvalue weighted by Gasteiger charge is 2.11. The highest BCUT2D eigenvalue weighted by atomic mass is 32.2. The molecule has 0 atom stereocenters. The maximum absolute atomic E-state index is 12.5. The molecule has 3 aromatic carbocycles. The van der Waals surface area contributed by atoms with Gasteiger partial charge < -0.3 is 15.0 Å². The molecule has 0 fully saturated rings. The fourth-order valence-corrected chi connectivity index (χ4v) is 3.93. The first-order chi connectivity index (χ1) is 16.1. The molecule has 7 heteroatoms. The second-order valence-electron chi connectivity index (χ2n) is 7.37. The summed E-state index contributed by atoms with van der Waals surface area (Å²) in [5.74, 6) is 1.37. The number of ether oxygens (including phenoxy) is 1. The Labute approximate surface area is 196 Å². The number of aryl methyl sites for hydroxylation is 1. The van der Waals surface area contributed by atoms with Gasteiger partial charge in [0.15, 0.2) is 5.16 Å². The van der Waals surface area contributed by atoms with Crippen molar-refractivity contribution >= 4 is 23.4 Å². The largest absolute Gasteiger partial charge is 0.457 e. The van der Waals surface area contributed by atoms with Gasteiger partial charge in [-0.2, -0.15) is 0 Å². The summed E-state index contributed by atoms with van der Waals surface area (Å²) >= 11 is 1.19. The van der Waals surface area contributed by atoms with E-state index in [1.165, 1.54) is 11.8 Å². The van der Waals surface area contributed by atoms with Gasteiger partial charge in [-0.05, 0) is 48.9 Å². The van der Waals surface area contributed by atoms with Gasteiger partial charge in [0.1, 0.15) is 11.5 Å². The lowest BCUT2D eigenvalue weighted by molar-refractivity contribution is -0.113. The molecule has 0 radical (unpaired) electrons. The fraction of sp³-hybridized carbons (Fsp3) is 0.115. The van der Waals surface area contributed by atoms with Gasteiger partial charge in [-0.15, -0.1) is 0 Å². The van der Waals surface area contributed by atoms with E-state index < -0.39 is 0 Å². The van der Waals surface area contributed by atoms with Crippen LogP contribution in [0.4, 0.5) is 5.69 Å². The summed E-state index contributed by atoms with van der Waals surface area (Å²) in [4.78, 5) is 32.2. The minimum atomic E-state index is -0.189. The second kappa shape index (κ2) is 10.7. The number of para-hydroxylation sites is 1. The van der Waals surface area contributed by atoms with E-state index in [1.54, 1.807) is 24.3 Å². The predicted molar refractivity (Wildman–Crippen MR) is 131 cm³/mol. The summed E-state index contributed by atoms with van der Waals surface area (Å²) in [6, 6.07) is 26.4. The SMILES string of the molecule is Cc1nc(SCC(=O)Nc2ccc(Oc3ccccc3)cc2)[nH]c(=O)c1Cc1ccccc1. The van der Waals surface area contributed by atoms with Gasteiger partial charge in [-0.1, -0.05) is 60.3 Å². The Balaban J connectivity index is 1.32. The number of hydrogen-bond donors (Lipinski definition) is 2. The van der Waals surface area contributed by atoms with Gasteiger partial charge in [-0.25, -0.2) is 4.98 Å². The smallest absolute Gasteiger partial charge is 0.255 e. The average molecular weight is 458 g/mol. The monoisotopic (exact) mass is 457 g/mol. The molecule has 0 spiro atoms.